The molecule has 0 aliphatic rings. The number of nitrogens with one attached hydrogen (secondary N) is 1. The zero-order valence-electron chi connectivity index (χ0n) is 9.71. The van der Waals surface area contributed by atoms with Gasteiger partial charge in [0.05, 0.1) is 0 Å². The van der Waals surface area contributed by atoms with E-state index in [0.29, 0.717) is 6.04 Å². The summed E-state index contributed by atoms with van der Waals surface area (Å²) >= 11 is 13.7. The highest BCUT2D eigenvalue weighted by Crippen LogP contribution is 2.29. The molecule has 1 aromatic carbocycles. The van der Waals surface area contributed by atoms with Crippen molar-refractivity contribution in [1.82, 2.24) is 5.32 Å². The highest BCUT2D eigenvalue weighted by molar-refractivity contribution is 14.1. The molecule has 0 amide bonds. The van der Waals surface area contributed by atoms with Crippen LogP contribution < -0.4 is 5.32 Å². The van der Waals surface area contributed by atoms with E-state index < -0.39 is 0 Å². The average Bonchev–Trinajstić information content (AvgIpc) is 2.75. The maximum absolute atomic E-state index is 6.09. The van der Waals surface area contributed by atoms with E-state index in [1.165, 1.54) is 14.0 Å². The van der Waals surface area contributed by atoms with Crippen molar-refractivity contribution in [3.8, 4) is 0 Å². The van der Waals surface area contributed by atoms with Gasteiger partial charge in [-0.3, -0.25) is 0 Å². The summed E-state index contributed by atoms with van der Waals surface area (Å²) in [5, 5.41) is 6.28. The summed E-state index contributed by atoms with van der Waals surface area (Å²) < 4.78 is 2.39. The highest BCUT2D eigenvalue weighted by Gasteiger charge is 2.14. The Hall–Kier alpha value is 0.380. The fourth-order valence-corrected chi connectivity index (χ4v) is 4.20. The molecule has 1 aromatic heterocycles. The van der Waals surface area contributed by atoms with Crippen LogP contribution in [-0.2, 0) is 6.42 Å². The van der Waals surface area contributed by atoms with Crippen LogP contribution in [0.5, 0.6) is 0 Å². The zero-order chi connectivity index (χ0) is 13.1. The number of likely N-dealkylation sites (N-methyl/N-ethyl adjacent to an activating group) is 1. The molecule has 0 radical (unpaired) electrons. The van der Waals surface area contributed by atoms with Crippen LogP contribution in [0.3, 0.4) is 0 Å². The van der Waals surface area contributed by atoms with Gasteiger partial charge >= 0.3 is 0 Å². The summed E-state index contributed by atoms with van der Waals surface area (Å²) in [5.74, 6) is 0. The lowest BCUT2D eigenvalue weighted by atomic mass is 10.0. The van der Waals surface area contributed by atoms with Crippen LogP contribution in [0.1, 0.15) is 16.5 Å². The lowest BCUT2D eigenvalue weighted by Crippen LogP contribution is -2.19. The van der Waals surface area contributed by atoms with Gasteiger partial charge in [-0.1, -0.05) is 11.6 Å². The van der Waals surface area contributed by atoms with Crippen molar-refractivity contribution in [2.75, 3.05) is 7.05 Å². The fraction of sp³-hybridized carbons (Fsp3) is 0.231. The van der Waals surface area contributed by atoms with E-state index in [-0.39, 0.29) is 0 Å². The molecule has 0 aliphatic carbocycles. The van der Waals surface area contributed by atoms with Crippen LogP contribution in [0, 0.1) is 3.57 Å². The van der Waals surface area contributed by atoms with Gasteiger partial charge in [-0.25, -0.2) is 0 Å². The van der Waals surface area contributed by atoms with Gasteiger partial charge in [-0.15, -0.1) is 11.3 Å². The van der Waals surface area contributed by atoms with E-state index in [2.05, 4.69) is 61.4 Å². The molecule has 0 saturated heterocycles. The lowest BCUT2D eigenvalue weighted by molar-refractivity contribution is 0.594. The van der Waals surface area contributed by atoms with Crippen LogP contribution in [0.4, 0.5) is 0 Å². The minimum atomic E-state index is 0.293. The van der Waals surface area contributed by atoms with Gasteiger partial charge in [0.25, 0.3) is 0 Å². The van der Waals surface area contributed by atoms with E-state index in [1.54, 1.807) is 11.3 Å². The van der Waals surface area contributed by atoms with Crippen LogP contribution in [0.2, 0.25) is 5.02 Å². The van der Waals surface area contributed by atoms with Crippen molar-refractivity contribution < 1.29 is 0 Å². The summed E-state index contributed by atoms with van der Waals surface area (Å²) in [4.78, 5) is 1.36. The Morgan fingerprint density at radius 1 is 1.44 bits per heavy atom. The largest absolute Gasteiger partial charge is 0.313 e. The second-order valence-corrected chi connectivity index (χ2v) is 7.45. The van der Waals surface area contributed by atoms with Crippen molar-refractivity contribution in [1.29, 1.82) is 0 Å². The molecule has 1 heterocycles. The SMILES string of the molecule is CNC(Cc1cc(Br)cs1)c1cc(Cl)ccc1I. The molecule has 2 rings (SSSR count). The molecule has 0 aliphatic heterocycles. The molecular formula is C13H12BrClINS. The van der Waals surface area contributed by atoms with E-state index in [4.69, 9.17) is 11.6 Å². The minimum Gasteiger partial charge on any atom is -0.313 e. The Bertz CT molecular complexity index is 544. The Balaban J connectivity index is 2.25. The first-order valence-corrected chi connectivity index (χ1v) is 8.58. The molecule has 5 heteroatoms. The molecule has 1 N–H and O–H groups in total. The van der Waals surface area contributed by atoms with Crippen LogP contribution in [0.15, 0.2) is 34.1 Å². The monoisotopic (exact) mass is 455 g/mol. The molecule has 1 nitrogen and oxygen atoms in total. The summed E-state index contributed by atoms with van der Waals surface area (Å²) in [7, 11) is 1.99. The second-order valence-electron chi connectivity index (χ2n) is 3.94. The normalized spacial score (nSPS) is 12.7. The summed E-state index contributed by atoms with van der Waals surface area (Å²) in [6.45, 7) is 0. The van der Waals surface area contributed by atoms with Crippen molar-refractivity contribution in [2.45, 2.75) is 12.5 Å². The highest BCUT2D eigenvalue weighted by atomic mass is 127. The zero-order valence-corrected chi connectivity index (χ0v) is 15.0. The van der Waals surface area contributed by atoms with E-state index >= 15 is 0 Å². The van der Waals surface area contributed by atoms with Gasteiger partial charge in [-0.2, -0.15) is 0 Å². The predicted molar refractivity (Wildman–Crippen MR) is 91.7 cm³/mol. The Morgan fingerprint density at radius 2 is 2.22 bits per heavy atom. The lowest BCUT2D eigenvalue weighted by Gasteiger charge is -2.17. The van der Waals surface area contributed by atoms with Crippen molar-refractivity contribution in [3.63, 3.8) is 0 Å². The number of halogens is 3. The summed E-state index contributed by atoms with van der Waals surface area (Å²) in [5.41, 5.74) is 1.26. The molecular weight excluding hydrogens is 444 g/mol. The van der Waals surface area contributed by atoms with Gasteiger partial charge in [0, 0.05) is 35.8 Å². The second kappa shape index (κ2) is 6.70. The number of thiophene rings is 1. The number of hydrogen-bond acceptors (Lipinski definition) is 2. The van der Waals surface area contributed by atoms with Crippen LogP contribution in [0.25, 0.3) is 0 Å². The third kappa shape index (κ3) is 3.70. The van der Waals surface area contributed by atoms with E-state index in [0.717, 1.165) is 15.9 Å². The van der Waals surface area contributed by atoms with Crippen LogP contribution in [-0.4, -0.2) is 7.05 Å². The maximum Gasteiger partial charge on any atom is 0.0410 e. The van der Waals surface area contributed by atoms with Crippen LogP contribution >= 0.6 is 61.5 Å². The third-order valence-corrected chi connectivity index (χ3v) is 5.65. The first-order chi connectivity index (χ1) is 8.60. The molecule has 0 saturated carbocycles. The van der Waals surface area contributed by atoms with Crippen molar-refractivity contribution >= 4 is 61.5 Å². The fourth-order valence-electron chi connectivity index (χ4n) is 1.81. The molecule has 2 aromatic rings. The van der Waals surface area contributed by atoms with E-state index in [1.807, 2.05) is 19.2 Å². The van der Waals surface area contributed by atoms with Crippen molar-refractivity contribution in [2.24, 2.45) is 0 Å². The first-order valence-electron chi connectivity index (χ1n) is 5.45. The maximum atomic E-state index is 6.09. The van der Waals surface area contributed by atoms with Gasteiger partial charge in [-0.05, 0) is 75.4 Å². The minimum absolute atomic E-state index is 0.293. The molecule has 0 spiro atoms. The summed E-state index contributed by atoms with van der Waals surface area (Å²) in [6, 6.07) is 8.51. The van der Waals surface area contributed by atoms with Gasteiger partial charge in [0.2, 0.25) is 0 Å². The standard InChI is InChI=1S/C13H12BrClINS/c1-17-13(6-10-4-8(14)7-18-10)11-5-9(15)2-3-12(11)16/h2-5,7,13,17H,6H2,1H3. The van der Waals surface area contributed by atoms with E-state index in [9.17, 15) is 0 Å². The average molecular weight is 457 g/mol. The Kier molecular flexibility index (Phi) is 5.50. The Labute approximate surface area is 138 Å². The molecule has 18 heavy (non-hydrogen) atoms. The molecule has 0 fully saturated rings. The number of benzene rings is 1. The quantitative estimate of drug-likeness (QED) is 0.618. The third-order valence-electron chi connectivity index (χ3n) is 2.71. The smallest absolute Gasteiger partial charge is 0.0410 e. The number of rotatable bonds is 4. The van der Waals surface area contributed by atoms with Crippen molar-refractivity contribution in [3.05, 3.63) is 53.2 Å². The molecule has 96 valence electrons. The van der Waals surface area contributed by atoms with Gasteiger partial charge < -0.3 is 5.32 Å². The summed E-state index contributed by atoms with van der Waals surface area (Å²) in [6.07, 6.45) is 0.975. The molecule has 1 unspecified atom stereocenters. The topological polar surface area (TPSA) is 12.0 Å². The Morgan fingerprint density at radius 3 is 2.83 bits per heavy atom. The van der Waals surface area contributed by atoms with Gasteiger partial charge in [0.15, 0.2) is 0 Å². The molecule has 1 atom stereocenters. The first kappa shape index (κ1) is 14.8. The predicted octanol–water partition coefficient (Wildman–Crippen LogP) is 5.27. The van der Waals surface area contributed by atoms with Gasteiger partial charge in [0.1, 0.15) is 0 Å². The molecule has 0 bridgehead atoms. The number of hydrogen-bond donors (Lipinski definition) is 1.